The van der Waals surface area contributed by atoms with Crippen molar-refractivity contribution in [3.8, 4) is 0 Å². The van der Waals surface area contributed by atoms with Crippen LogP contribution in [0.4, 0.5) is 0 Å². The molecule has 1 spiro atoms. The Morgan fingerprint density at radius 1 is 0.958 bits per heavy atom. The number of amidine groups is 1. The molecule has 6 heteroatoms. The summed E-state index contributed by atoms with van der Waals surface area (Å²) in [5.74, 6) is 0.894. The largest absolute Gasteiger partial charge is 0.300 e. The summed E-state index contributed by atoms with van der Waals surface area (Å²) in [5, 5.41) is 9.87. The van der Waals surface area contributed by atoms with Crippen LogP contribution in [0.2, 0.25) is 0 Å². The molecule has 2 aromatic carbocycles. The molecule has 5 nitrogen and oxygen atoms in total. The summed E-state index contributed by atoms with van der Waals surface area (Å²) in [6.07, 6.45) is 0. The van der Waals surface area contributed by atoms with E-state index in [1.165, 1.54) is 0 Å². The van der Waals surface area contributed by atoms with Gasteiger partial charge in [-0.3, -0.25) is 10.0 Å². The van der Waals surface area contributed by atoms with Crippen molar-refractivity contribution in [2.75, 3.05) is 20.6 Å². The van der Waals surface area contributed by atoms with Crippen LogP contribution in [0.5, 0.6) is 0 Å². The molecule has 0 aliphatic carbocycles. The van der Waals surface area contributed by atoms with Crippen molar-refractivity contribution >= 4 is 22.6 Å². The van der Waals surface area contributed by atoms with Crippen molar-refractivity contribution in [1.82, 2.24) is 15.4 Å². The van der Waals surface area contributed by atoms with Gasteiger partial charge in [0.15, 0.2) is 4.99 Å². The normalized spacial score (nSPS) is 23.8. The molecule has 1 unspecified atom stereocenters. The molecule has 0 aromatic heterocycles. The number of nitrogens with one attached hydrogen (secondary N) is 1. The molecule has 0 saturated heterocycles. The summed E-state index contributed by atoms with van der Waals surface area (Å²) in [5.41, 5.74) is 5.64. The minimum Gasteiger partial charge on any atom is -0.300 e. The Kier molecular flexibility index (Phi) is 3.78. The lowest BCUT2D eigenvalue weighted by Crippen LogP contribution is -2.63. The molecule has 2 aliphatic rings. The molecule has 2 heterocycles. The first-order valence-electron chi connectivity index (χ1n) is 7.86. The lowest BCUT2D eigenvalue weighted by atomic mass is 10.2. The Bertz CT molecular complexity index is 790. The zero-order chi connectivity index (χ0) is 16.6. The molecule has 0 radical (unpaired) electrons. The fraction of sp³-hybridized carbons (Fsp3) is 0.222. The van der Waals surface area contributed by atoms with E-state index in [2.05, 4.69) is 34.7 Å². The van der Waals surface area contributed by atoms with Gasteiger partial charge in [-0.25, -0.2) is 0 Å². The maximum atomic E-state index is 4.79. The minimum absolute atomic E-state index is 0.344. The van der Waals surface area contributed by atoms with Crippen molar-refractivity contribution in [2.24, 2.45) is 10.1 Å². The van der Waals surface area contributed by atoms with Gasteiger partial charge in [-0.05, 0) is 0 Å². The van der Waals surface area contributed by atoms with E-state index in [9.17, 15) is 0 Å². The number of rotatable bonds is 2. The van der Waals surface area contributed by atoms with E-state index in [1.807, 2.05) is 55.5 Å². The van der Waals surface area contributed by atoms with Gasteiger partial charge < -0.3 is 5.43 Å². The lowest BCUT2D eigenvalue weighted by Gasteiger charge is -2.44. The zero-order valence-electron chi connectivity index (χ0n) is 13.7. The number of hydrogen-bond acceptors (Lipinski definition) is 6. The van der Waals surface area contributed by atoms with E-state index in [4.69, 9.17) is 10.1 Å². The van der Waals surface area contributed by atoms with E-state index in [0.29, 0.717) is 6.54 Å². The zero-order valence-corrected chi connectivity index (χ0v) is 14.5. The number of benzene rings is 2. The van der Waals surface area contributed by atoms with Crippen molar-refractivity contribution in [1.29, 1.82) is 0 Å². The van der Waals surface area contributed by atoms with Gasteiger partial charge in [0.1, 0.15) is 10.9 Å². The maximum Gasteiger partial charge on any atom is 0.198 e. The Labute approximate surface area is 146 Å². The molecule has 0 amide bonds. The Morgan fingerprint density at radius 3 is 2.21 bits per heavy atom. The molecule has 24 heavy (non-hydrogen) atoms. The highest BCUT2D eigenvalue weighted by molar-refractivity contribution is 8.15. The highest BCUT2D eigenvalue weighted by Crippen LogP contribution is 2.41. The molecule has 2 aliphatic heterocycles. The lowest BCUT2D eigenvalue weighted by molar-refractivity contribution is 0.0379. The van der Waals surface area contributed by atoms with E-state index >= 15 is 0 Å². The number of hydrogen-bond donors (Lipinski definition) is 1. The number of likely N-dealkylation sites (N-methyl/N-ethyl adjacent to an activating group) is 2. The first-order valence-corrected chi connectivity index (χ1v) is 8.68. The monoisotopic (exact) mass is 337 g/mol. The third kappa shape index (κ3) is 2.48. The molecular weight excluding hydrogens is 318 g/mol. The SMILES string of the molecule is CN1N=C(c2ccccc2)SC12CN=C(c1ccccc1)NN2C. The molecule has 122 valence electrons. The van der Waals surface area contributed by atoms with Gasteiger partial charge in [-0.1, -0.05) is 72.4 Å². The number of hydrazone groups is 1. The third-order valence-corrected chi connectivity index (χ3v) is 5.82. The summed E-state index contributed by atoms with van der Waals surface area (Å²) in [6, 6.07) is 20.5. The Balaban J connectivity index is 1.60. The predicted molar refractivity (Wildman–Crippen MR) is 99.8 cm³/mol. The van der Waals surface area contributed by atoms with Crippen molar-refractivity contribution in [3.05, 3.63) is 71.8 Å². The van der Waals surface area contributed by atoms with Crippen LogP contribution in [0.1, 0.15) is 11.1 Å². The number of hydrazine groups is 1. The fourth-order valence-electron chi connectivity index (χ4n) is 2.89. The van der Waals surface area contributed by atoms with Crippen LogP contribution in [0.25, 0.3) is 0 Å². The number of nitrogens with zero attached hydrogens (tertiary/aromatic N) is 4. The molecule has 2 aromatic rings. The van der Waals surface area contributed by atoms with Crippen LogP contribution in [0.3, 0.4) is 0 Å². The summed E-state index contributed by atoms with van der Waals surface area (Å²) in [7, 11) is 4.05. The van der Waals surface area contributed by atoms with Gasteiger partial charge in [0.25, 0.3) is 0 Å². The Morgan fingerprint density at radius 2 is 1.58 bits per heavy atom. The van der Waals surface area contributed by atoms with Crippen molar-refractivity contribution < 1.29 is 0 Å². The van der Waals surface area contributed by atoms with Gasteiger partial charge in [-0.15, -0.1) is 0 Å². The summed E-state index contributed by atoms with van der Waals surface area (Å²) in [4.78, 5) is 4.45. The smallest absolute Gasteiger partial charge is 0.198 e. The summed E-state index contributed by atoms with van der Waals surface area (Å²) < 4.78 is 0. The second-order valence-electron chi connectivity index (χ2n) is 5.84. The van der Waals surface area contributed by atoms with Gasteiger partial charge >= 0.3 is 0 Å². The average Bonchev–Trinajstić information content (AvgIpc) is 2.97. The molecule has 0 bridgehead atoms. The topological polar surface area (TPSA) is 43.2 Å². The first-order chi connectivity index (χ1) is 11.7. The molecular formula is C18H19N5S. The van der Waals surface area contributed by atoms with Gasteiger partial charge in [0.2, 0.25) is 0 Å². The van der Waals surface area contributed by atoms with E-state index in [0.717, 1.165) is 22.0 Å². The molecule has 1 N–H and O–H groups in total. The fourth-order valence-corrected chi connectivity index (χ4v) is 4.11. The third-order valence-electron chi connectivity index (χ3n) is 4.32. The molecule has 0 saturated carbocycles. The summed E-state index contributed by atoms with van der Waals surface area (Å²) >= 11 is 1.73. The Hall–Kier alpha value is -2.31. The second-order valence-corrected chi connectivity index (χ2v) is 7.09. The van der Waals surface area contributed by atoms with Gasteiger partial charge in [0, 0.05) is 25.2 Å². The molecule has 1 atom stereocenters. The van der Waals surface area contributed by atoms with Crippen LogP contribution >= 0.6 is 11.8 Å². The minimum atomic E-state index is -0.344. The van der Waals surface area contributed by atoms with Crippen LogP contribution in [0, 0.1) is 0 Å². The van der Waals surface area contributed by atoms with E-state index < -0.39 is 0 Å². The van der Waals surface area contributed by atoms with Crippen molar-refractivity contribution in [2.45, 2.75) is 4.99 Å². The van der Waals surface area contributed by atoms with Crippen LogP contribution in [0.15, 0.2) is 70.8 Å². The highest BCUT2D eigenvalue weighted by atomic mass is 32.2. The second kappa shape index (κ2) is 5.96. The molecule has 0 fully saturated rings. The van der Waals surface area contributed by atoms with Crippen molar-refractivity contribution in [3.63, 3.8) is 0 Å². The predicted octanol–water partition coefficient (Wildman–Crippen LogP) is 2.58. The molecule has 4 rings (SSSR count). The summed E-state index contributed by atoms with van der Waals surface area (Å²) in [6.45, 7) is 0.641. The average molecular weight is 337 g/mol. The van der Waals surface area contributed by atoms with Crippen LogP contribution in [-0.2, 0) is 0 Å². The quantitative estimate of drug-likeness (QED) is 0.915. The highest BCUT2D eigenvalue weighted by Gasteiger charge is 2.48. The maximum absolute atomic E-state index is 4.79. The van der Waals surface area contributed by atoms with Crippen LogP contribution < -0.4 is 5.43 Å². The standard InChI is InChI=1S/C18H19N5S/c1-22-18(13-19-16(20-22)14-9-5-3-6-10-14)23(2)21-17(24-18)15-11-7-4-8-12-15/h3-12H,13H2,1-2H3,(H,19,20). The number of thioether (sulfide) groups is 1. The number of aliphatic imine (C=N–C) groups is 1. The van der Waals surface area contributed by atoms with Crippen LogP contribution in [-0.4, -0.2) is 46.5 Å². The van der Waals surface area contributed by atoms with Gasteiger partial charge in [0.05, 0.1) is 6.54 Å². The first kappa shape index (κ1) is 15.2. The van der Waals surface area contributed by atoms with E-state index in [-0.39, 0.29) is 4.99 Å². The van der Waals surface area contributed by atoms with Gasteiger partial charge in [-0.2, -0.15) is 10.1 Å². The van der Waals surface area contributed by atoms with E-state index in [1.54, 1.807) is 11.8 Å².